The Hall–Kier alpha value is -3.48. The van der Waals surface area contributed by atoms with Gasteiger partial charge in [0.15, 0.2) is 5.65 Å². The van der Waals surface area contributed by atoms with Gasteiger partial charge in [-0.3, -0.25) is 9.48 Å². The molecule has 0 radical (unpaired) electrons. The fraction of sp³-hybridized carbons (Fsp3) is 0.273. The molecular weight excluding hydrogens is 364 g/mol. The fourth-order valence-corrected chi connectivity index (χ4v) is 3.61. The maximum absolute atomic E-state index is 12.9. The summed E-state index contributed by atoms with van der Waals surface area (Å²) in [6.07, 6.45) is 3.53. The molecule has 0 aliphatic rings. The van der Waals surface area contributed by atoms with Crippen LogP contribution in [0.4, 0.5) is 0 Å². The van der Waals surface area contributed by atoms with Crippen LogP contribution in [0.5, 0.6) is 0 Å². The number of likely N-dealkylation sites (N-methyl/N-ethyl adjacent to an activating group) is 1. The van der Waals surface area contributed by atoms with Crippen molar-refractivity contribution in [1.82, 2.24) is 29.4 Å². The molecule has 0 aliphatic heterocycles. The molecule has 7 nitrogen and oxygen atoms in total. The smallest absolute Gasteiger partial charge is 0.244 e. The Balaban J connectivity index is 1.61. The molecule has 0 saturated carbocycles. The van der Waals surface area contributed by atoms with E-state index in [1.54, 1.807) is 29.0 Å². The van der Waals surface area contributed by atoms with Crippen LogP contribution >= 0.6 is 0 Å². The number of hydrogen-bond acceptors (Lipinski definition) is 4. The van der Waals surface area contributed by atoms with Crippen molar-refractivity contribution in [1.29, 1.82) is 0 Å². The Morgan fingerprint density at radius 3 is 2.62 bits per heavy atom. The lowest BCUT2D eigenvalue weighted by atomic mass is 10.0. The highest BCUT2D eigenvalue weighted by Crippen LogP contribution is 2.29. The number of rotatable bonds is 6. The first-order valence-corrected chi connectivity index (χ1v) is 9.70. The van der Waals surface area contributed by atoms with Crippen molar-refractivity contribution in [2.75, 3.05) is 7.05 Å². The van der Waals surface area contributed by atoms with Gasteiger partial charge in [-0.2, -0.15) is 10.2 Å². The van der Waals surface area contributed by atoms with Crippen LogP contribution in [0.1, 0.15) is 18.3 Å². The summed E-state index contributed by atoms with van der Waals surface area (Å²) >= 11 is 0. The minimum absolute atomic E-state index is 0.0230. The molecule has 148 valence electrons. The number of nitrogens with zero attached hydrogens (tertiary/aromatic N) is 6. The van der Waals surface area contributed by atoms with Gasteiger partial charge in [-0.05, 0) is 37.1 Å². The molecule has 0 fully saturated rings. The average Bonchev–Trinajstić information content (AvgIpc) is 3.32. The van der Waals surface area contributed by atoms with E-state index in [1.165, 1.54) is 0 Å². The van der Waals surface area contributed by atoms with Gasteiger partial charge in [0.1, 0.15) is 6.54 Å². The van der Waals surface area contributed by atoms with E-state index in [0.29, 0.717) is 6.54 Å². The molecule has 29 heavy (non-hydrogen) atoms. The number of aryl methyl sites for hydroxylation is 2. The first-order chi connectivity index (χ1) is 14.1. The number of hydrogen-bond donors (Lipinski definition) is 0. The van der Waals surface area contributed by atoms with Crippen molar-refractivity contribution in [3.05, 3.63) is 66.2 Å². The van der Waals surface area contributed by atoms with Crippen molar-refractivity contribution in [2.24, 2.45) is 0 Å². The Morgan fingerprint density at radius 2 is 1.86 bits per heavy atom. The average molecular weight is 388 g/mol. The maximum atomic E-state index is 12.9. The molecule has 0 atom stereocenters. The second-order valence-electron chi connectivity index (χ2n) is 7.05. The maximum Gasteiger partial charge on any atom is 0.244 e. The van der Waals surface area contributed by atoms with Crippen LogP contribution < -0.4 is 0 Å². The molecule has 7 heteroatoms. The van der Waals surface area contributed by atoms with Gasteiger partial charge in [0, 0.05) is 31.4 Å². The van der Waals surface area contributed by atoms with Gasteiger partial charge in [-0.25, -0.2) is 9.67 Å². The predicted molar refractivity (Wildman–Crippen MR) is 112 cm³/mol. The van der Waals surface area contributed by atoms with Gasteiger partial charge in [0.2, 0.25) is 5.91 Å². The number of pyridine rings is 1. The standard InChI is InChI=1S/C22H24N6O/c1-4-27-18(10-13-24-27)14-26(3)20(29)15-28-22-21(16(2)25-28)19(11-12-23-22)17-8-6-5-7-9-17/h5-13H,4,14-15H2,1-3H3. The number of benzene rings is 1. The van der Waals surface area contributed by atoms with Crippen molar-refractivity contribution >= 4 is 16.9 Å². The van der Waals surface area contributed by atoms with E-state index in [1.807, 2.05) is 48.9 Å². The Bertz CT molecular complexity index is 1140. The molecule has 1 aromatic carbocycles. The normalized spacial score (nSPS) is 11.1. The first-order valence-electron chi connectivity index (χ1n) is 9.70. The summed E-state index contributed by atoms with van der Waals surface area (Å²) in [6, 6.07) is 14.1. The van der Waals surface area contributed by atoms with Crippen molar-refractivity contribution in [3.63, 3.8) is 0 Å². The summed E-state index contributed by atoms with van der Waals surface area (Å²) in [7, 11) is 1.80. The van der Waals surface area contributed by atoms with Gasteiger partial charge in [0.05, 0.1) is 17.9 Å². The number of carbonyl (C=O) groups excluding carboxylic acids is 1. The molecule has 0 unspecified atom stereocenters. The third-order valence-corrected chi connectivity index (χ3v) is 5.11. The third kappa shape index (κ3) is 3.63. The Labute approximate surface area is 169 Å². The molecule has 0 N–H and O–H groups in total. The van der Waals surface area contributed by atoms with E-state index < -0.39 is 0 Å². The summed E-state index contributed by atoms with van der Waals surface area (Å²) in [5, 5.41) is 9.87. The largest absolute Gasteiger partial charge is 0.338 e. The number of aromatic nitrogens is 5. The fourth-order valence-electron chi connectivity index (χ4n) is 3.61. The van der Waals surface area contributed by atoms with Gasteiger partial charge in [0.25, 0.3) is 0 Å². The third-order valence-electron chi connectivity index (χ3n) is 5.11. The molecule has 1 amide bonds. The van der Waals surface area contributed by atoms with Crippen LogP contribution in [-0.2, 0) is 24.4 Å². The number of fused-ring (bicyclic) bond motifs is 1. The Morgan fingerprint density at radius 1 is 1.07 bits per heavy atom. The zero-order chi connectivity index (χ0) is 20.4. The predicted octanol–water partition coefficient (Wildman–Crippen LogP) is 3.28. The highest BCUT2D eigenvalue weighted by molar-refractivity contribution is 5.95. The molecule has 0 bridgehead atoms. The summed E-state index contributed by atoms with van der Waals surface area (Å²) < 4.78 is 3.60. The van der Waals surface area contributed by atoms with Gasteiger partial charge >= 0.3 is 0 Å². The van der Waals surface area contributed by atoms with Crippen molar-refractivity contribution in [3.8, 4) is 11.1 Å². The molecule has 0 saturated heterocycles. The minimum Gasteiger partial charge on any atom is -0.338 e. The molecule has 3 heterocycles. The molecule has 4 aromatic rings. The SMILES string of the molecule is CCn1nccc1CN(C)C(=O)Cn1nc(C)c2c(-c3ccccc3)ccnc21. The highest BCUT2D eigenvalue weighted by atomic mass is 16.2. The van der Waals surface area contributed by atoms with Crippen LogP contribution in [0.2, 0.25) is 0 Å². The van der Waals surface area contributed by atoms with Gasteiger partial charge < -0.3 is 4.90 Å². The highest BCUT2D eigenvalue weighted by Gasteiger charge is 2.18. The van der Waals surface area contributed by atoms with Crippen LogP contribution in [-0.4, -0.2) is 42.4 Å². The minimum atomic E-state index is -0.0230. The molecular formula is C22H24N6O. The number of amides is 1. The van der Waals surface area contributed by atoms with Crippen LogP contribution in [0, 0.1) is 6.92 Å². The first kappa shape index (κ1) is 18.9. The van der Waals surface area contributed by atoms with Crippen molar-refractivity contribution < 1.29 is 4.79 Å². The quantitative estimate of drug-likeness (QED) is 0.508. The topological polar surface area (TPSA) is 68.8 Å². The zero-order valence-electron chi connectivity index (χ0n) is 16.9. The van der Waals surface area contributed by atoms with E-state index >= 15 is 0 Å². The van der Waals surface area contributed by atoms with E-state index in [9.17, 15) is 4.79 Å². The Kier molecular flexibility index (Phi) is 5.12. The second kappa shape index (κ2) is 7.87. The molecule has 0 aliphatic carbocycles. The van der Waals surface area contributed by atoms with E-state index in [-0.39, 0.29) is 12.5 Å². The van der Waals surface area contributed by atoms with Crippen molar-refractivity contribution in [2.45, 2.75) is 33.5 Å². The zero-order valence-corrected chi connectivity index (χ0v) is 16.9. The summed E-state index contributed by atoms with van der Waals surface area (Å²) in [6.45, 7) is 5.42. The molecule has 0 spiro atoms. The lowest BCUT2D eigenvalue weighted by molar-refractivity contribution is -0.131. The molecule has 4 rings (SSSR count). The summed E-state index contributed by atoms with van der Waals surface area (Å²) in [5.74, 6) is -0.0230. The lowest BCUT2D eigenvalue weighted by Crippen LogP contribution is -2.31. The van der Waals surface area contributed by atoms with E-state index in [0.717, 1.165) is 40.1 Å². The molecule has 3 aromatic heterocycles. The van der Waals surface area contributed by atoms with Gasteiger partial charge in [-0.15, -0.1) is 0 Å². The summed E-state index contributed by atoms with van der Waals surface area (Å²) in [5.41, 5.74) is 4.79. The van der Waals surface area contributed by atoms with Crippen LogP contribution in [0.3, 0.4) is 0 Å². The second-order valence-corrected chi connectivity index (χ2v) is 7.05. The van der Waals surface area contributed by atoms with E-state index in [4.69, 9.17) is 0 Å². The van der Waals surface area contributed by atoms with Crippen LogP contribution in [0.15, 0.2) is 54.9 Å². The monoisotopic (exact) mass is 388 g/mol. The lowest BCUT2D eigenvalue weighted by Gasteiger charge is -2.18. The van der Waals surface area contributed by atoms with Crippen LogP contribution in [0.25, 0.3) is 22.2 Å². The van der Waals surface area contributed by atoms with Gasteiger partial charge in [-0.1, -0.05) is 30.3 Å². The number of carbonyl (C=O) groups is 1. The van der Waals surface area contributed by atoms with E-state index in [2.05, 4.69) is 27.3 Å². The summed E-state index contributed by atoms with van der Waals surface area (Å²) in [4.78, 5) is 19.1.